The molecule has 2 aromatic rings. The number of hydrogen-bond acceptors (Lipinski definition) is 3. The van der Waals surface area contributed by atoms with Crippen LogP contribution >= 0.6 is 11.3 Å². The number of carboxylic acids is 1. The van der Waals surface area contributed by atoms with Crippen LogP contribution in [0.3, 0.4) is 0 Å². The first-order valence-electron chi connectivity index (χ1n) is 6.15. The van der Waals surface area contributed by atoms with Gasteiger partial charge in [-0.15, -0.1) is 0 Å². The van der Waals surface area contributed by atoms with Crippen LogP contribution in [-0.2, 0) is 16.8 Å². The van der Waals surface area contributed by atoms with Gasteiger partial charge in [0.2, 0.25) is 0 Å². The maximum atomic E-state index is 11.9. The molecule has 0 saturated carbocycles. The number of fused-ring (bicyclic) bond motifs is 1. The normalized spacial score (nSPS) is 11.9. The third-order valence-corrected chi connectivity index (χ3v) is 4.03. The van der Waals surface area contributed by atoms with Crippen molar-refractivity contribution in [2.45, 2.75) is 39.2 Å². The monoisotopic (exact) mass is 279 g/mol. The molecule has 0 saturated heterocycles. The lowest BCUT2D eigenvalue weighted by Crippen LogP contribution is -2.15. The largest absolute Gasteiger partial charge is 0.481 e. The van der Waals surface area contributed by atoms with Gasteiger partial charge in [-0.3, -0.25) is 14.2 Å². The highest BCUT2D eigenvalue weighted by molar-refractivity contribution is 7.16. The highest BCUT2D eigenvalue weighted by Crippen LogP contribution is 2.27. The molecule has 0 aliphatic carbocycles. The number of aryl methyl sites for hydroxylation is 1. The molecule has 1 aromatic heterocycles. The van der Waals surface area contributed by atoms with Gasteiger partial charge < -0.3 is 5.11 Å². The first kappa shape index (κ1) is 13.8. The minimum Gasteiger partial charge on any atom is -0.481 e. The smallest absolute Gasteiger partial charge is 0.308 e. The summed E-state index contributed by atoms with van der Waals surface area (Å²) in [7, 11) is 0. The van der Waals surface area contributed by atoms with E-state index in [0.717, 1.165) is 10.2 Å². The molecule has 0 fully saturated rings. The van der Waals surface area contributed by atoms with Gasteiger partial charge in [-0.05, 0) is 23.1 Å². The molecular formula is C14H17NO3S. The van der Waals surface area contributed by atoms with Gasteiger partial charge in [0.05, 0.1) is 16.6 Å². The van der Waals surface area contributed by atoms with Crippen molar-refractivity contribution in [1.29, 1.82) is 0 Å². The average molecular weight is 279 g/mol. The van der Waals surface area contributed by atoms with Gasteiger partial charge in [0.1, 0.15) is 0 Å². The van der Waals surface area contributed by atoms with E-state index in [-0.39, 0.29) is 23.3 Å². The Morgan fingerprint density at radius 3 is 2.63 bits per heavy atom. The second-order valence-corrected chi connectivity index (χ2v) is 6.59. The topological polar surface area (TPSA) is 59.3 Å². The first-order chi connectivity index (χ1) is 8.79. The number of aliphatic carboxylic acids is 1. The van der Waals surface area contributed by atoms with Gasteiger partial charge in [0, 0.05) is 6.54 Å². The van der Waals surface area contributed by atoms with E-state index in [1.165, 1.54) is 16.9 Å². The summed E-state index contributed by atoms with van der Waals surface area (Å²) in [5, 5.41) is 8.71. The van der Waals surface area contributed by atoms with Crippen molar-refractivity contribution in [3.8, 4) is 0 Å². The quantitative estimate of drug-likeness (QED) is 0.939. The number of hydrogen-bond donors (Lipinski definition) is 1. The molecular weight excluding hydrogens is 262 g/mol. The van der Waals surface area contributed by atoms with Crippen LogP contribution in [0.2, 0.25) is 0 Å². The average Bonchev–Trinajstić information content (AvgIpc) is 2.59. The van der Waals surface area contributed by atoms with Crippen LogP contribution in [0.4, 0.5) is 0 Å². The van der Waals surface area contributed by atoms with Crippen LogP contribution in [0.5, 0.6) is 0 Å². The molecule has 4 nitrogen and oxygen atoms in total. The summed E-state index contributed by atoms with van der Waals surface area (Å²) in [6.07, 6.45) is -0.0350. The van der Waals surface area contributed by atoms with Crippen molar-refractivity contribution in [2.75, 3.05) is 0 Å². The van der Waals surface area contributed by atoms with E-state index in [4.69, 9.17) is 5.11 Å². The van der Waals surface area contributed by atoms with E-state index in [1.54, 1.807) is 4.57 Å². The fourth-order valence-corrected chi connectivity index (χ4v) is 2.91. The number of rotatable bonds is 3. The van der Waals surface area contributed by atoms with Crippen molar-refractivity contribution in [3.63, 3.8) is 0 Å². The second kappa shape index (κ2) is 4.81. The van der Waals surface area contributed by atoms with Gasteiger partial charge >= 0.3 is 10.8 Å². The van der Waals surface area contributed by atoms with E-state index in [9.17, 15) is 9.59 Å². The number of aromatic nitrogens is 1. The van der Waals surface area contributed by atoms with Crippen molar-refractivity contribution in [1.82, 2.24) is 4.57 Å². The zero-order valence-electron chi connectivity index (χ0n) is 11.3. The second-order valence-electron chi connectivity index (χ2n) is 5.60. The molecule has 19 heavy (non-hydrogen) atoms. The van der Waals surface area contributed by atoms with Gasteiger partial charge in [0.15, 0.2) is 0 Å². The molecule has 1 aromatic carbocycles. The fourth-order valence-electron chi connectivity index (χ4n) is 1.95. The fraction of sp³-hybridized carbons (Fsp3) is 0.429. The van der Waals surface area contributed by atoms with E-state index < -0.39 is 5.97 Å². The van der Waals surface area contributed by atoms with Crippen molar-refractivity contribution >= 4 is 27.5 Å². The third kappa shape index (κ3) is 2.87. The molecule has 0 amide bonds. The minimum absolute atomic E-state index is 0.0348. The lowest BCUT2D eigenvalue weighted by Gasteiger charge is -2.18. The summed E-state index contributed by atoms with van der Waals surface area (Å²) in [5.41, 5.74) is 2.03. The Morgan fingerprint density at radius 2 is 2.05 bits per heavy atom. The molecule has 1 heterocycles. The lowest BCUT2D eigenvalue weighted by atomic mass is 9.87. The summed E-state index contributed by atoms with van der Waals surface area (Å²) in [6.45, 7) is 6.60. The summed E-state index contributed by atoms with van der Waals surface area (Å²) in [4.78, 5) is 22.4. The molecule has 0 unspecified atom stereocenters. The Bertz CT molecular complexity index is 676. The van der Waals surface area contributed by atoms with Crippen LogP contribution in [-0.4, -0.2) is 15.6 Å². The summed E-state index contributed by atoms with van der Waals surface area (Å²) < 4.78 is 2.46. The molecule has 0 bridgehead atoms. The summed E-state index contributed by atoms with van der Waals surface area (Å²) in [5.74, 6) is -0.891. The predicted molar refractivity (Wildman–Crippen MR) is 77.0 cm³/mol. The van der Waals surface area contributed by atoms with E-state index in [0.29, 0.717) is 0 Å². The van der Waals surface area contributed by atoms with Gasteiger partial charge in [-0.2, -0.15) is 0 Å². The molecule has 0 aliphatic rings. The van der Waals surface area contributed by atoms with Crippen LogP contribution < -0.4 is 4.87 Å². The highest BCUT2D eigenvalue weighted by atomic mass is 32.1. The van der Waals surface area contributed by atoms with Crippen molar-refractivity contribution in [2.24, 2.45) is 0 Å². The Morgan fingerprint density at radius 1 is 1.37 bits per heavy atom. The zero-order valence-corrected chi connectivity index (χ0v) is 12.1. The molecule has 0 atom stereocenters. The van der Waals surface area contributed by atoms with Gasteiger partial charge in [-0.1, -0.05) is 38.2 Å². The van der Waals surface area contributed by atoms with Gasteiger partial charge in [-0.25, -0.2) is 0 Å². The Labute approximate surface area is 115 Å². The summed E-state index contributed by atoms with van der Waals surface area (Å²) in [6, 6.07) is 5.94. The molecule has 102 valence electrons. The Balaban J connectivity index is 2.48. The van der Waals surface area contributed by atoms with Crippen LogP contribution in [0, 0.1) is 0 Å². The SMILES string of the molecule is CC(C)(C)c1ccc2c(c1)sc(=O)n2CCC(=O)O. The lowest BCUT2D eigenvalue weighted by molar-refractivity contribution is -0.137. The number of benzene rings is 1. The van der Waals surface area contributed by atoms with Crippen LogP contribution in [0.1, 0.15) is 32.8 Å². The Hall–Kier alpha value is -1.62. The third-order valence-electron chi connectivity index (χ3n) is 3.08. The zero-order chi connectivity index (χ0) is 14.2. The predicted octanol–water partition coefficient (Wildman–Crippen LogP) is 2.84. The van der Waals surface area contributed by atoms with E-state index in [2.05, 4.69) is 20.8 Å². The van der Waals surface area contributed by atoms with Crippen LogP contribution in [0.15, 0.2) is 23.0 Å². The molecule has 0 spiro atoms. The highest BCUT2D eigenvalue weighted by Gasteiger charge is 2.16. The molecule has 2 rings (SSSR count). The minimum atomic E-state index is -0.891. The molecule has 0 radical (unpaired) electrons. The van der Waals surface area contributed by atoms with E-state index in [1.807, 2.05) is 18.2 Å². The number of carbonyl (C=O) groups is 1. The Kier molecular flexibility index (Phi) is 3.49. The van der Waals surface area contributed by atoms with E-state index >= 15 is 0 Å². The molecule has 5 heteroatoms. The van der Waals surface area contributed by atoms with Crippen molar-refractivity contribution < 1.29 is 9.90 Å². The number of carboxylic acid groups (broad SMARTS) is 1. The molecule has 1 N–H and O–H groups in total. The maximum Gasteiger partial charge on any atom is 0.308 e. The number of nitrogens with zero attached hydrogens (tertiary/aromatic N) is 1. The maximum absolute atomic E-state index is 11.9. The summed E-state index contributed by atoms with van der Waals surface area (Å²) >= 11 is 1.18. The molecule has 0 aliphatic heterocycles. The van der Waals surface area contributed by atoms with Crippen LogP contribution in [0.25, 0.3) is 10.2 Å². The first-order valence-corrected chi connectivity index (χ1v) is 6.96. The standard InChI is InChI=1S/C14H17NO3S/c1-14(2,3)9-4-5-10-11(8-9)19-13(18)15(10)7-6-12(16)17/h4-5,8H,6-7H2,1-3H3,(H,16,17). The number of thiazole rings is 1. The van der Waals surface area contributed by atoms with Crippen molar-refractivity contribution in [3.05, 3.63) is 33.4 Å². The van der Waals surface area contributed by atoms with Gasteiger partial charge in [0.25, 0.3) is 0 Å².